The second-order valence-electron chi connectivity index (χ2n) is 7.16. The number of rotatable bonds is 6. The smallest absolute Gasteiger partial charge is 0.414 e. The Morgan fingerprint density at radius 3 is 2.52 bits per heavy atom. The minimum Gasteiger partial charge on any atom is -0.473 e. The first kappa shape index (κ1) is 21.4. The van der Waals surface area contributed by atoms with E-state index in [-0.39, 0.29) is 11.7 Å². The van der Waals surface area contributed by atoms with Crippen molar-refractivity contribution < 1.29 is 24.5 Å². The van der Waals surface area contributed by atoms with E-state index in [0.717, 1.165) is 13.1 Å². The van der Waals surface area contributed by atoms with Crippen molar-refractivity contribution in [3.05, 3.63) is 35.5 Å². The van der Waals surface area contributed by atoms with Crippen LogP contribution >= 0.6 is 0 Å². The zero-order chi connectivity index (χ0) is 19.9. The molecule has 2 unspecified atom stereocenters. The van der Waals surface area contributed by atoms with Crippen molar-refractivity contribution in [2.24, 2.45) is 0 Å². The third-order valence-electron chi connectivity index (χ3n) is 5.62. The van der Waals surface area contributed by atoms with Gasteiger partial charge in [-0.05, 0) is 69.3 Å². The second-order valence-corrected chi connectivity index (χ2v) is 7.16. The quantitative estimate of drug-likeness (QED) is 0.690. The molecule has 0 radical (unpaired) electrons. The fourth-order valence-corrected chi connectivity index (χ4v) is 4.23. The average molecular weight is 377 g/mol. The average Bonchev–Trinajstić information content (AvgIpc) is 3.00. The molecule has 2 N–H and O–H groups in total. The number of hydrogen-bond acceptors (Lipinski definition) is 4. The lowest BCUT2D eigenvalue weighted by molar-refractivity contribution is -0.159. The molecule has 2 atom stereocenters. The molecule has 0 saturated heterocycles. The SMILES string of the molecule is CCN(CC)CCCC12CCCCC1=C1C=CC=CC1O2.O=C(O)C(=O)O. The van der Waals surface area contributed by atoms with Gasteiger partial charge in [0.15, 0.2) is 0 Å². The molecule has 27 heavy (non-hydrogen) atoms. The van der Waals surface area contributed by atoms with Gasteiger partial charge in [0, 0.05) is 0 Å². The van der Waals surface area contributed by atoms with Crippen LogP contribution in [0.5, 0.6) is 0 Å². The van der Waals surface area contributed by atoms with Crippen molar-refractivity contribution in [1.29, 1.82) is 0 Å². The standard InChI is InChI=1S/C19H29NO.C2H2O4/c1-3-20(4-2)15-9-14-19-13-8-7-11-17(19)16-10-5-6-12-18(16)21-19;3-1(4)2(5)6/h5-6,10,12,18H,3-4,7-9,11,13-15H2,1-2H3;(H,3,4)(H,5,6). The van der Waals surface area contributed by atoms with Crippen LogP contribution in [0.1, 0.15) is 52.4 Å². The van der Waals surface area contributed by atoms with E-state index in [0.29, 0.717) is 0 Å². The van der Waals surface area contributed by atoms with E-state index in [1.165, 1.54) is 50.6 Å². The molecular weight excluding hydrogens is 346 g/mol. The summed E-state index contributed by atoms with van der Waals surface area (Å²) in [4.78, 5) is 20.7. The molecule has 0 aromatic rings. The number of carboxylic acids is 2. The molecule has 2 aliphatic carbocycles. The third-order valence-corrected chi connectivity index (χ3v) is 5.62. The van der Waals surface area contributed by atoms with Gasteiger partial charge in [0.1, 0.15) is 6.10 Å². The van der Waals surface area contributed by atoms with E-state index in [2.05, 4.69) is 43.1 Å². The van der Waals surface area contributed by atoms with Crippen molar-refractivity contribution in [2.45, 2.75) is 64.1 Å². The van der Waals surface area contributed by atoms with Crippen LogP contribution in [0.25, 0.3) is 0 Å². The zero-order valence-corrected chi connectivity index (χ0v) is 16.3. The lowest BCUT2D eigenvalue weighted by Crippen LogP contribution is -2.36. The molecule has 0 amide bonds. The van der Waals surface area contributed by atoms with Crippen LogP contribution in [-0.2, 0) is 14.3 Å². The summed E-state index contributed by atoms with van der Waals surface area (Å²) in [5.41, 5.74) is 3.16. The molecule has 6 nitrogen and oxygen atoms in total. The van der Waals surface area contributed by atoms with Crippen LogP contribution in [0.4, 0.5) is 0 Å². The minimum atomic E-state index is -1.82. The Kier molecular flexibility index (Phi) is 7.80. The normalized spacial score (nSPS) is 25.7. The molecule has 0 aromatic heterocycles. The molecule has 3 rings (SSSR count). The Balaban J connectivity index is 0.000000380. The molecule has 1 heterocycles. The van der Waals surface area contributed by atoms with Crippen LogP contribution in [0.15, 0.2) is 35.5 Å². The Morgan fingerprint density at radius 1 is 1.19 bits per heavy atom. The number of ether oxygens (including phenoxy) is 1. The van der Waals surface area contributed by atoms with Gasteiger partial charge in [-0.25, -0.2) is 9.59 Å². The summed E-state index contributed by atoms with van der Waals surface area (Å²) in [5, 5.41) is 14.8. The van der Waals surface area contributed by atoms with Crippen LogP contribution in [0.2, 0.25) is 0 Å². The largest absolute Gasteiger partial charge is 0.473 e. The van der Waals surface area contributed by atoms with E-state index in [1.54, 1.807) is 5.57 Å². The Labute approximate surface area is 161 Å². The van der Waals surface area contributed by atoms with Crippen molar-refractivity contribution in [3.63, 3.8) is 0 Å². The van der Waals surface area contributed by atoms with Crippen molar-refractivity contribution >= 4 is 11.9 Å². The maximum atomic E-state index is 9.10. The summed E-state index contributed by atoms with van der Waals surface area (Å²) in [6, 6.07) is 0. The second kappa shape index (κ2) is 9.85. The molecule has 0 aromatic carbocycles. The van der Waals surface area contributed by atoms with Gasteiger partial charge in [0.25, 0.3) is 0 Å². The van der Waals surface area contributed by atoms with Gasteiger partial charge in [-0.2, -0.15) is 0 Å². The summed E-state index contributed by atoms with van der Waals surface area (Å²) < 4.78 is 6.58. The monoisotopic (exact) mass is 377 g/mol. The van der Waals surface area contributed by atoms with E-state index < -0.39 is 11.9 Å². The van der Waals surface area contributed by atoms with Gasteiger partial charge in [0.2, 0.25) is 0 Å². The molecular formula is C21H31NO5. The van der Waals surface area contributed by atoms with E-state index in [9.17, 15) is 0 Å². The number of hydrogen-bond donors (Lipinski definition) is 2. The van der Waals surface area contributed by atoms with Gasteiger partial charge in [-0.3, -0.25) is 0 Å². The first-order valence-electron chi connectivity index (χ1n) is 9.88. The number of fused-ring (bicyclic) bond motifs is 2. The number of allylic oxidation sites excluding steroid dienone is 2. The Hall–Kier alpha value is -1.92. The highest BCUT2D eigenvalue weighted by Gasteiger charge is 2.46. The van der Waals surface area contributed by atoms with E-state index in [1.807, 2.05) is 0 Å². The molecule has 6 heteroatoms. The van der Waals surface area contributed by atoms with Gasteiger partial charge >= 0.3 is 11.9 Å². The highest BCUT2D eigenvalue weighted by Crippen LogP contribution is 2.49. The lowest BCUT2D eigenvalue weighted by Gasteiger charge is -2.37. The number of carboxylic acid groups (broad SMARTS) is 2. The fraction of sp³-hybridized carbons (Fsp3) is 0.619. The summed E-state index contributed by atoms with van der Waals surface area (Å²) in [6.45, 7) is 8.04. The van der Waals surface area contributed by atoms with Crippen LogP contribution in [-0.4, -0.2) is 58.4 Å². The summed E-state index contributed by atoms with van der Waals surface area (Å²) in [7, 11) is 0. The third kappa shape index (κ3) is 5.30. The van der Waals surface area contributed by atoms with E-state index >= 15 is 0 Å². The first-order chi connectivity index (χ1) is 12.9. The zero-order valence-electron chi connectivity index (χ0n) is 16.3. The van der Waals surface area contributed by atoms with E-state index in [4.69, 9.17) is 24.5 Å². The highest BCUT2D eigenvalue weighted by atomic mass is 16.5. The van der Waals surface area contributed by atoms with Crippen molar-refractivity contribution in [2.75, 3.05) is 19.6 Å². The van der Waals surface area contributed by atoms with Crippen LogP contribution < -0.4 is 0 Å². The Morgan fingerprint density at radius 2 is 1.89 bits per heavy atom. The molecule has 1 saturated carbocycles. The van der Waals surface area contributed by atoms with Crippen molar-refractivity contribution in [3.8, 4) is 0 Å². The molecule has 1 fully saturated rings. The maximum absolute atomic E-state index is 9.10. The van der Waals surface area contributed by atoms with Gasteiger partial charge < -0.3 is 19.8 Å². The minimum absolute atomic E-state index is 0.0599. The van der Waals surface area contributed by atoms with Crippen LogP contribution in [0, 0.1) is 0 Å². The van der Waals surface area contributed by atoms with Gasteiger partial charge in [0.05, 0.1) is 5.60 Å². The number of nitrogens with zero attached hydrogens (tertiary/aromatic N) is 1. The summed E-state index contributed by atoms with van der Waals surface area (Å²) >= 11 is 0. The maximum Gasteiger partial charge on any atom is 0.414 e. The topological polar surface area (TPSA) is 87.1 Å². The molecule has 1 aliphatic heterocycles. The molecule has 150 valence electrons. The number of aliphatic carboxylic acids is 2. The number of carbonyl (C=O) groups is 2. The van der Waals surface area contributed by atoms with Crippen molar-refractivity contribution in [1.82, 2.24) is 4.90 Å². The van der Waals surface area contributed by atoms with Gasteiger partial charge in [-0.15, -0.1) is 0 Å². The first-order valence-corrected chi connectivity index (χ1v) is 9.88. The highest BCUT2D eigenvalue weighted by molar-refractivity contribution is 6.27. The predicted octanol–water partition coefficient (Wildman–Crippen LogP) is 3.40. The fourth-order valence-electron chi connectivity index (χ4n) is 4.23. The molecule has 0 bridgehead atoms. The molecule has 0 spiro atoms. The summed E-state index contributed by atoms with van der Waals surface area (Å²) in [6.07, 6.45) is 16.6. The lowest BCUT2D eigenvalue weighted by atomic mass is 9.76. The summed E-state index contributed by atoms with van der Waals surface area (Å²) in [5.74, 6) is -3.65. The van der Waals surface area contributed by atoms with Gasteiger partial charge in [-0.1, -0.05) is 38.2 Å². The Bertz CT molecular complexity index is 620. The molecule has 3 aliphatic rings. The predicted molar refractivity (Wildman–Crippen MR) is 104 cm³/mol. The van der Waals surface area contributed by atoms with Crippen LogP contribution in [0.3, 0.4) is 0 Å².